The fourth-order valence-corrected chi connectivity index (χ4v) is 5.52. The van der Waals surface area contributed by atoms with Gasteiger partial charge in [-0.1, -0.05) is 6.42 Å². The molecule has 0 radical (unpaired) electrons. The van der Waals surface area contributed by atoms with Crippen LogP contribution in [-0.4, -0.2) is 50.8 Å². The quantitative estimate of drug-likeness (QED) is 0.422. The van der Waals surface area contributed by atoms with Crippen LogP contribution in [0.25, 0.3) is 0 Å². The molecule has 1 spiro atoms. The number of nitrogens with one attached hydrogen (secondary N) is 1. The number of likely N-dealkylation sites (tertiary alicyclic amines) is 1. The maximum Gasteiger partial charge on any atom is 0.193 e. The van der Waals surface area contributed by atoms with Crippen LogP contribution in [0, 0.1) is 23.2 Å². The summed E-state index contributed by atoms with van der Waals surface area (Å²) < 4.78 is 5.63. The van der Waals surface area contributed by atoms with Crippen LogP contribution in [0.5, 0.6) is 0 Å². The first-order valence-electron chi connectivity index (χ1n) is 9.31. The fraction of sp³-hybridized carbons (Fsp3) is 0.944. The summed E-state index contributed by atoms with van der Waals surface area (Å²) in [6.45, 7) is 5.26. The smallest absolute Gasteiger partial charge is 0.193 e. The average Bonchev–Trinajstić information content (AvgIpc) is 3.30. The standard InChI is InChI=1S/C18H31N3O.HI/c1-19-17(21-8-5-18(12-21)6-9-22-13-18)20-7-4-16-11-14-2-3-15(16)10-14;/h14-16H,2-13H2,1H3,(H,19,20);1H. The monoisotopic (exact) mass is 433 g/mol. The fourth-order valence-electron chi connectivity index (χ4n) is 5.52. The number of hydrogen-bond donors (Lipinski definition) is 1. The number of ether oxygens (including phenoxy) is 1. The zero-order valence-electron chi connectivity index (χ0n) is 14.4. The molecule has 0 amide bonds. The van der Waals surface area contributed by atoms with Gasteiger partial charge in [-0.15, -0.1) is 24.0 Å². The maximum atomic E-state index is 5.63. The Kier molecular flexibility index (Phi) is 5.76. The summed E-state index contributed by atoms with van der Waals surface area (Å²) in [7, 11) is 1.93. The molecule has 4 rings (SSSR count). The molecule has 4 fully saturated rings. The molecule has 0 aromatic carbocycles. The Morgan fingerprint density at radius 1 is 1.30 bits per heavy atom. The topological polar surface area (TPSA) is 36.9 Å². The lowest BCUT2D eigenvalue weighted by molar-refractivity contribution is 0.156. The second-order valence-corrected chi connectivity index (χ2v) is 8.17. The second kappa shape index (κ2) is 7.46. The third-order valence-corrected chi connectivity index (χ3v) is 6.82. The number of hydrogen-bond acceptors (Lipinski definition) is 2. The van der Waals surface area contributed by atoms with Crippen LogP contribution in [0.3, 0.4) is 0 Å². The van der Waals surface area contributed by atoms with E-state index in [9.17, 15) is 0 Å². The van der Waals surface area contributed by atoms with Crippen LogP contribution in [0.2, 0.25) is 0 Å². The maximum absolute atomic E-state index is 5.63. The number of rotatable bonds is 3. The summed E-state index contributed by atoms with van der Waals surface area (Å²) in [4.78, 5) is 6.98. The van der Waals surface area contributed by atoms with Gasteiger partial charge in [0.2, 0.25) is 0 Å². The van der Waals surface area contributed by atoms with Gasteiger partial charge in [0.05, 0.1) is 6.61 Å². The highest BCUT2D eigenvalue weighted by Crippen LogP contribution is 2.49. The lowest BCUT2D eigenvalue weighted by atomic mass is 9.86. The predicted octanol–water partition coefficient (Wildman–Crippen LogP) is 3.12. The Bertz CT molecular complexity index is 436. The Labute approximate surface area is 157 Å². The summed E-state index contributed by atoms with van der Waals surface area (Å²) in [5, 5.41) is 3.64. The predicted molar refractivity (Wildman–Crippen MR) is 104 cm³/mol. The van der Waals surface area contributed by atoms with Crippen molar-refractivity contribution >= 4 is 29.9 Å². The van der Waals surface area contributed by atoms with Gasteiger partial charge in [-0.25, -0.2) is 0 Å². The number of halogens is 1. The van der Waals surface area contributed by atoms with Gasteiger partial charge in [-0.05, 0) is 56.3 Å². The average molecular weight is 433 g/mol. The molecule has 2 aliphatic heterocycles. The Morgan fingerprint density at radius 3 is 2.87 bits per heavy atom. The van der Waals surface area contributed by atoms with E-state index >= 15 is 0 Å². The van der Waals surface area contributed by atoms with Gasteiger partial charge in [0.15, 0.2) is 5.96 Å². The molecule has 2 heterocycles. The highest BCUT2D eigenvalue weighted by Gasteiger charge is 2.42. The van der Waals surface area contributed by atoms with Gasteiger partial charge in [0, 0.05) is 38.7 Å². The van der Waals surface area contributed by atoms with Gasteiger partial charge in [-0.3, -0.25) is 4.99 Å². The van der Waals surface area contributed by atoms with Gasteiger partial charge in [-0.2, -0.15) is 0 Å². The minimum atomic E-state index is 0. The van der Waals surface area contributed by atoms with Gasteiger partial charge in [0.1, 0.15) is 0 Å². The molecule has 2 aliphatic carbocycles. The van der Waals surface area contributed by atoms with Crippen molar-refractivity contribution in [2.45, 2.75) is 44.9 Å². The zero-order valence-corrected chi connectivity index (χ0v) is 16.8. The first-order chi connectivity index (χ1) is 10.8. The molecule has 4 atom stereocenters. The van der Waals surface area contributed by atoms with Crippen molar-refractivity contribution in [3.63, 3.8) is 0 Å². The van der Waals surface area contributed by atoms with E-state index < -0.39 is 0 Å². The molecular weight excluding hydrogens is 401 g/mol. The normalized spacial score (nSPS) is 39.3. The molecule has 0 aromatic heterocycles. The van der Waals surface area contributed by atoms with E-state index in [1.807, 2.05) is 7.05 Å². The van der Waals surface area contributed by atoms with Crippen molar-refractivity contribution in [3.8, 4) is 0 Å². The van der Waals surface area contributed by atoms with Crippen molar-refractivity contribution in [1.29, 1.82) is 0 Å². The molecule has 23 heavy (non-hydrogen) atoms. The summed E-state index contributed by atoms with van der Waals surface area (Å²) in [6, 6.07) is 0. The van der Waals surface area contributed by atoms with Crippen molar-refractivity contribution in [2.75, 3.05) is 39.9 Å². The molecule has 4 aliphatic rings. The SMILES string of the molecule is CN=C(NCCC1CC2CCC1C2)N1CCC2(CCOC2)C1.I. The molecule has 2 saturated carbocycles. The lowest BCUT2D eigenvalue weighted by Crippen LogP contribution is -2.42. The van der Waals surface area contributed by atoms with Crippen LogP contribution >= 0.6 is 24.0 Å². The van der Waals surface area contributed by atoms with Gasteiger partial charge >= 0.3 is 0 Å². The molecular formula is C18H32IN3O. The molecule has 4 unspecified atom stereocenters. The zero-order chi connectivity index (χ0) is 15.0. The Hall–Kier alpha value is -0.0400. The molecule has 132 valence electrons. The van der Waals surface area contributed by atoms with Crippen LogP contribution < -0.4 is 5.32 Å². The van der Waals surface area contributed by atoms with Crippen molar-refractivity contribution in [1.82, 2.24) is 10.2 Å². The van der Waals surface area contributed by atoms with E-state index in [0.29, 0.717) is 5.41 Å². The van der Waals surface area contributed by atoms with Crippen LogP contribution in [0.1, 0.15) is 44.9 Å². The lowest BCUT2D eigenvalue weighted by Gasteiger charge is -2.26. The molecule has 4 nitrogen and oxygen atoms in total. The third kappa shape index (κ3) is 3.65. The summed E-state index contributed by atoms with van der Waals surface area (Å²) in [6.07, 6.45) is 9.85. The first kappa shape index (κ1) is 17.8. The number of fused-ring (bicyclic) bond motifs is 2. The number of guanidine groups is 1. The molecule has 2 bridgehead atoms. The minimum Gasteiger partial charge on any atom is -0.381 e. The van der Waals surface area contributed by atoms with Crippen molar-refractivity contribution in [3.05, 3.63) is 0 Å². The summed E-state index contributed by atoms with van der Waals surface area (Å²) >= 11 is 0. The summed E-state index contributed by atoms with van der Waals surface area (Å²) in [5.74, 6) is 4.21. The van der Waals surface area contributed by atoms with Crippen molar-refractivity contribution in [2.24, 2.45) is 28.2 Å². The van der Waals surface area contributed by atoms with Crippen molar-refractivity contribution < 1.29 is 4.74 Å². The number of aliphatic imine (C=N–C) groups is 1. The van der Waals surface area contributed by atoms with Crippen LogP contribution in [0.15, 0.2) is 4.99 Å². The van der Waals surface area contributed by atoms with E-state index in [1.165, 1.54) is 44.9 Å². The molecule has 2 saturated heterocycles. The summed E-state index contributed by atoms with van der Waals surface area (Å²) in [5.41, 5.74) is 0.419. The molecule has 0 aromatic rings. The highest BCUT2D eigenvalue weighted by molar-refractivity contribution is 14.0. The number of nitrogens with zero attached hydrogens (tertiary/aromatic N) is 2. The van der Waals surface area contributed by atoms with E-state index in [1.54, 1.807) is 0 Å². The second-order valence-electron chi connectivity index (χ2n) is 8.17. The molecule has 1 N–H and O–H groups in total. The van der Waals surface area contributed by atoms with E-state index in [-0.39, 0.29) is 24.0 Å². The van der Waals surface area contributed by atoms with Crippen LogP contribution in [0.4, 0.5) is 0 Å². The van der Waals surface area contributed by atoms with Crippen LogP contribution in [-0.2, 0) is 4.74 Å². The molecule has 5 heteroatoms. The minimum absolute atomic E-state index is 0. The van der Waals surface area contributed by atoms with Gasteiger partial charge in [0.25, 0.3) is 0 Å². The van der Waals surface area contributed by atoms with E-state index in [2.05, 4.69) is 15.2 Å². The Balaban J connectivity index is 0.00000156. The van der Waals surface area contributed by atoms with Gasteiger partial charge < -0.3 is 15.0 Å². The third-order valence-electron chi connectivity index (χ3n) is 6.82. The highest BCUT2D eigenvalue weighted by atomic mass is 127. The van der Waals surface area contributed by atoms with E-state index in [4.69, 9.17) is 4.74 Å². The first-order valence-corrected chi connectivity index (χ1v) is 9.31. The largest absolute Gasteiger partial charge is 0.381 e. The van der Waals surface area contributed by atoms with E-state index in [0.717, 1.165) is 56.6 Å². The Morgan fingerprint density at radius 2 is 2.22 bits per heavy atom.